The van der Waals surface area contributed by atoms with Gasteiger partial charge in [-0.15, -0.1) is 0 Å². The average Bonchev–Trinajstić information content (AvgIpc) is 2.47. The van der Waals surface area contributed by atoms with Crippen LogP contribution in [0.2, 0.25) is 0 Å². The Kier molecular flexibility index (Phi) is 4.95. The second-order valence-corrected chi connectivity index (χ2v) is 5.42. The van der Waals surface area contributed by atoms with Crippen molar-refractivity contribution in [3.05, 3.63) is 0 Å². The molecule has 3 N–H and O–H groups in total. The molecule has 0 saturated carbocycles. The monoisotopic (exact) mass is 286 g/mol. The minimum Gasteiger partial charge on any atom is -0.481 e. The van der Waals surface area contributed by atoms with Crippen molar-refractivity contribution in [2.24, 2.45) is 11.1 Å². The lowest BCUT2D eigenvalue weighted by Gasteiger charge is -2.43. The van der Waals surface area contributed by atoms with Crippen LogP contribution in [0.1, 0.15) is 19.3 Å². The van der Waals surface area contributed by atoms with E-state index in [2.05, 4.69) is 0 Å². The molecule has 0 aromatic carbocycles. The normalized spacial score (nSPS) is 26.2. The van der Waals surface area contributed by atoms with E-state index in [4.69, 9.17) is 20.3 Å². The zero-order chi connectivity index (χ0) is 14.6. The van der Waals surface area contributed by atoms with Gasteiger partial charge in [-0.3, -0.25) is 9.59 Å². The first-order valence-corrected chi connectivity index (χ1v) is 6.97. The highest BCUT2D eigenvalue weighted by molar-refractivity contribution is 5.84. The molecule has 2 fully saturated rings. The Bertz CT molecular complexity index is 368. The molecule has 2 rings (SSSR count). The van der Waals surface area contributed by atoms with Crippen LogP contribution in [-0.4, -0.2) is 67.4 Å². The summed E-state index contributed by atoms with van der Waals surface area (Å²) in [5.41, 5.74) is 5.24. The van der Waals surface area contributed by atoms with E-state index < -0.39 is 17.4 Å². The van der Waals surface area contributed by atoms with E-state index in [-0.39, 0.29) is 25.5 Å². The summed E-state index contributed by atoms with van der Waals surface area (Å²) in [5.74, 6) is -0.968. The SMILES string of the molecule is NCC1(C(=O)N2CCOCC2CC(=O)O)CCOCC1. The van der Waals surface area contributed by atoms with Crippen molar-refractivity contribution in [2.45, 2.75) is 25.3 Å². The highest BCUT2D eigenvalue weighted by Gasteiger charge is 2.44. The molecule has 0 aromatic heterocycles. The van der Waals surface area contributed by atoms with Crippen LogP contribution < -0.4 is 5.73 Å². The Labute approximate surface area is 118 Å². The van der Waals surface area contributed by atoms with Crippen LogP contribution in [0.4, 0.5) is 0 Å². The van der Waals surface area contributed by atoms with Crippen molar-refractivity contribution in [3.8, 4) is 0 Å². The van der Waals surface area contributed by atoms with Gasteiger partial charge in [-0.05, 0) is 12.8 Å². The van der Waals surface area contributed by atoms with Gasteiger partial charge in [0, 0.05) is 26.3 Å². The van der Waals surface area contributed by atoms with Gasteiger partial charge in [0.1, 0.15) is 0 Å². The van der Waals surface area contributed by atoms with Gasteiger partial charge in [0.25, 0.3) is 0 Å². The lowest BCUT2D eigenvalue weighted by Crippen LogP contribution is -2.57. The van der Waals surface area contributed by atoms with E-state index in [1.54, 1.807) is 4.90 Å². The van der Waals surface area contributed by atoms with Crippen LogP contribution in [0, 0.1) is 5.41 Å². The number of hydrogen-bond donors (Lipinski definition) is 2. The third-order valence-electron chi connectivity index (χ3n) is 4.19. The number of nitrogens with two attached hydrogens (primary N) is 1. The molecule has 0 aliphatic carbocycles. The second kappa shape index (κ2) is 6.51. The molecule has 0 aromatic rings. The minimum atomic E-state index is -0.924. The third-order valence-corrected chi connectivity index (χ3v) is 4.19. The van der Waals surface area contributed by atoms with Crippen molar-refractivity contribution in [1.29, 1.82) is 0 Å². The van der Waals surface area contributed by atoms with E-state index in [1.807, 2.05) is 0 Å². The first kappa shape index (κ1) is 15.2. The van der Waals surface area contributed by atoms with E-state index in [0.717, 1.165) is 0 Å². The van der Waals surface area contributed by atoms with Crippen LogP contribution in [0.25, 0.3) is 0 Å². The molecular weight excluding hydrogens is 264 g/mol. The summed E-state index contributed by atoms with van der Waals surface area (Å²) in [6.07, 6.45) is 1.10. The van der Waals surface area contributed by atoms with Gasteiger partial charge in [0.05, 0.1) is 31.1 Å². The first-order chi connectivity index (χ1) is 9.59. The zero-order valence-corrected chi connectivity index (χ0v) is 11.5. The van der Waals surface area contributed by atoms with Gasteiger partial charge in [-0.1, -0.05) is 0 Å². The van der Waals surface area contributed by atoms with Crippen molar-refractivity contribution >= 4 is 11.9 Å². The molecule has 7 heteroatoms. The topological polar surface area (TPSA) is 102 Å². The highest BCUT2D eigenvalue weighted by Crippen LogP contribution is 2.33. The molecule has 0 bridgehead atoms. The highest BCUT2D eigenvalue weighted by atomic mass is 16.5. The number of carboxylic acid groups (broad SMARTS) is 1. The molecule has 114 valence electrons. The van der Waals surface area contributed by atoms with Gasteiger partial charge in [-0.25, -0.2) is 0 Å². The molecule has 7 nitrogen and oxygen atoms in total. The van der Waals surface area contributed by atoms with Gasteiger partial charge < -0.3 is 25.2 Å². The summed E-state index contributed by atoms with van der Waals surface area (Å²) >= 11 is 0. The molecule has 0 radical (unpaired) electrons. The van der Waals surface area contributed by atoms with Crippen LogP contribution >= 0.6 is 0 Å². The van der Waals surface area contributed by atoms with Crippen molar-refractivity contribution < 1.29 is 24.2 Å². The number of morpholine rings is 1. The Morgan fingerprint density at radius 2 is 1.95 bits per heavy atom. The van der Waals surface area contributed by atoms with E-state index in [1.165, 1.54) is 0 Å². The maximum atomic E-state index is 12.8. The molecule has 20 heavy (non-hydrogen) atoms. The van der Waals surface area contributed by atoms with Crippen molar-refractivity contribution in [1.82, 2.24) is 4.90 Å². The van der Waals surface area contributed by atoms with Crippen LogP contribution in [-0.2, 0) is 19.1 Å². The second-order valence-electron chi connectivity index (χ2n) is 5.42. The molecule has 2 heterocycles. The van der Waals surface area contributed by atoms with Gasteiger partial charge in [-0.2, -0.15) is 0 Å². The summed E-state index contributed by atoms with van der Waals surface area (Å²) in [7, 11) is 0. The van der Waals surface area contributed by atoms with E-state index >= 15 is 0 Å². The zero-order valence-electron chi connectivity index (χ0n) is 11.5. The van der Waals surface area contributed by atoms with Gasteiger partial charge >= 0.3 is 5.97 Å². The summed E-state index contributed by atoms with van der Waals surface area (Å²) in [6, 6.07) is -0.403. The number of hydrogen-bond acceptors (Lipinski definition) is 5. The fourth-order valence-electron chi connectivity index (χ4n) is 2.86. The number of nitrogens with zero attached hydrogens (tertiary/aromatic N) is 1. The standard InChI is InChI=1S/C13H22N2O5/c14-9-13(1-4-19-5-2-13)12(18)15-3-6-20-8-10(15)7-11(16)17/h10H,1-9,14H2,(H,16,17). The predicted molar refractivity (Wildman–Crippen MR) is 70.1 cm³/mol. The number of carbonyl (C=O) groups is 2. The van der Waals surface area contributed by atoms with Crippen LogP contribution in [0.5, 0.6) is 0 Å². The molecule has 2 aliphatic heterocycles. The molecule has 1 atom stereocenters. The smallest absolute Gasteiger partial charge is 0.305 e. The Morgan fingerprint density at radius 3 is 2.55 bits per heavy atom. The fraction of sp³-hybridized carbons (Fsp3) is 0.846. The number of rotatable bonds is 4. The number of carboxylic acids is 1. The molecular formula is C13H22N2O5. The minimum absolute atomic E-state index is 0.0437. The number of carbonyl (C=O) groups excluding carboxylic acids is 1. The summed E-state index contributed by atoms with van der Waals surface area (Å²) in [4.78, 5) is 25.4. The third kappa shape index (κ3) is 3.11. The predicted octanol–water partition coefficient (Wildman–Crippen LogP) is -0.556. The van der Waals surface area contributed by atoms with Crippen molar-refractivity contribution in [3.63, 3.8) is 0 Å². The van der Waals surface area contributed by atoms with Crippen LogP contribution in [0.3, 0.4) is 0 Å². The largest absolute Gasteiger partial charge is 0.481 e. The lowest BCUT2D eigenvalue weighted by atomic mass is 9.78. The number of amides is 1. The lowest BCUT2D eigenvalue weighted by molar-refractivity contribution is -0.158. The molecule has 2 aliphatic rings. The molecule has 1 amide bonds. The Balaban J connectivity index is 2.13. The molecule has 0 spiro atoms. The van der Waals surface area contributed by atoms with Crippen LogP contribution in [0.15, 0.2) is 0 Å². The number of aliphatic carboxylic acids is 1. The number of ether oxygens (including phenoxy) is 2. The first-order valence-electron chi connectivity index (χ1n) is 6.97. The summed E-state index contributed by atoms with van der Waals surface area (Å²) in [6.45, 7) is 2.47. The summed E-state index contributed by atoms with van der Waals surface area (Å²) in [5, 5.41) is 8.96. The van der Waals surface area contributed by atoms with E-state index in [0.29, 0.717) is 39.2 Å². The fourth-order valence-corrected chi connectivity index (χ4v) is 2.86. The average molecular weight is 286 g/mol. The quantitative estimate of drug-likeness (QED) is 0.718. The maximum Gasteiger partial charge on any atom is 0.305 e. The van der Waals surface area contributed by atoms with Gasteiger partial charge in [0.15, 0.2) is 0 Å². The van der Waals surface area contributed by atoms with Gasteiger partial charge in [0.2, 0.25) is 5.91 Å². The molecule has 2 saturated heterocycles. The maximum absolute atomic E-state index is 12.8. The Hall–Kier alpha value is -1.18. The van der Waals surface area contributed by atoms with Crippen molar-refractivity contribution in [2.75, 3.05) is 39.5 Å². The Morgan fingerprint density at radius 1 is 1.25 bits per heavy atom. The molecule has 1 unspecified atom stereocenters. The van der Waals surface area contributed by atoms with E-state index in [9.17, 15) is 9.59 Å². The summed E-state index contributed by atoms with van der Waals surface area (Å²) < 4.78 is 10.6.